The summed E-state index contributed by atoms with van der Waals surface area (Å²) in [6.45, 7) is 5.94. The molecule has 1 aliphatic carbocycles. The third-order valence-electron chi connectivity index (χ3n) is 4.88. The van der Waals surface area contributed by atoms with E-state index in [9.17, 15) is 0 Å². The number of rotatable bonds is 4. The highest BCUT2D eigenvalue weighted by molar-refractivity contribution is 7.75. The summed E-state index contributed by atoms with van der Waals surface area (Å²) in [6.07, 6.45) is 6.31. The third-order valence-corrected chi connectivity index (χ3v) is 5.44. The Labute approximate surface area is 165 Å². The summed E-state index contributed by atoms with van der Waals surface area (Å²) in [7, 11) is 0. The minimum absolute atomic E-state index is 0.664. The molecule has 132 valence electrons. The molecule has 0 bridgehead atoms. The maximum atomic E-state index is 5.49. The first-order valence-corrected chi connectivity index (χ1v) is 9.05. The topological polar surface area (TPSA) is 27.7 Å². The molecule has 0 aromatic heterocycles. The molecule has 0 spiro atoms. The first kappa shape index (κ1) is 18.4. The van der Waals surface area contributed by atoms with Crippen LogP contribution in [0.3, 0.4) is 0 Å². The van der Waals surface area contributed by atoms with Gasteiger partial charge in [0.25, 0.3) is 0 Å². The molecule has 1 aliphatic rings. The molecular formula is C19H20O3S3. The fraction of sp³-hybridized carbons (Fsp3) is 0.263. The van der Waals surface area contributed by atoms with Crippen molar-refractivity contribution < 1.29 is 12.5 Å². The van der Waals surface area contributed by atoms with E-state index in [-0.39, 0.29) is 0 Å². The van der Waals surface area contributed by atoms with Crippen molar-refractivity contribution in [2.45, 2.75) is 33.6 Å². The van der Waals surface area contributed by atoms with Crippen LogP contribution in [0.2, 0.25) is 0 Å². The highest BCUT2D eigenvalue weighted by atomic mass is 32.1. The summed E-state index contributed by atoms with van der Waals surface area (Å²) < 4.78 is 16.2. The second-order valence-electron chi connectivity index (χ2n) is 6.13. The van der Waals surface area contributed by atoms with E-state index >= 15 is 0 Å². The van der Waals surface area contributed by atoms with Gasteiger partial charge in [0.2, 0.25) is 0 Å². The van der Waals surface area contributed by atoms with Crippen LogP contribution in [0.1, 0.15) is 34.2 Å². The second kappa shape index (κ2) is 7.48. The summed E-state index contributed by atoms with van der Waals surface area (Å²) in [4.78, 5) is 0. The highest BCUT2D eigenvalue weighted by Gasteiger charge is 2.26. The fourth-order valence-corrected chi connectivity index (χ4v) is 4.12. The van der Waals surface area contributed by atoms with Gasteiger partial charge in [0.1, 0.15) is 17.2 Å². The first-order chi connectivity index (χ1) is 12.0. The Morgan fingerprint density at radius 3 is 2.12 bits per heavy atom. The Morgan fingerprint density at radius 1 is 0.800 bits per heavy atom. The zero-order valence-electron chi connectivity index (χ0n) is 14.3. The maximum Gasteiger partial charge on any atom is 0.148 e. The van der Waals surface area contributed by atoms with Crippen molar-refractivity contribution in [3.05, 3.63) is 46.0 Å². The minimum Gasteiger partial charge on any atom is -0.428 e. The zero-order chi connectivity index (χ0) is 18.1. The average molecular weight is 393 g/mol. The van der Waals surface area contributed by atoms with E-state index < -0.39 is 0 Å². The van der Waals surface area contributed by atoms with Crippen LogP contribution in [0.25, 0.3) is 17.2 Å². The fourth-order valence-electron chi connectivity index (χ4n) is 3.47. The summed E-state index contributed by atoms with van der Waals surface area (Å²) in [6, 6.07) is 4.03. The lowest BCUT2D eigenvalue weighted by Gasteiger charge is -2.23. The molecule has 0 saturated carbocycles. The van der Waals surface area contributed by atoms with Crippen LogP contribution in [0, 0.1) is 20.8 Å². The number of allylic oxidation sites excluding steroid dienone is 1. The van der Waals surface area contributed by atoms with Gasteiger partial charge in [0, 0.05) is 55.4 Å². The standard InChI is InChI=1S/C19H20O3S3/c1-10-11(2)19(22-25)16(12(3)18(10)21-24)17-14-7-5-4-6-13(14)8-9-15(17)20-23/h5,7-9,23-25H,4,6H2,1-3H3. The number of benzene rings is 2. The summed E-state index contributed by atoms with van der Waals surface area (Å²) >= 11 is 12.2. The monoisotopic (exact) mass is 392 g/mol. The lowest BCUT2D eigenvalue weighted by atomic mass is 9.85. The van der Waals surface area contributed by atoms with Crippen molar-refractivity contribution in [3.8, 4) is 28.4 Å². The molecule has 3 nitrogen and oxygen atoms in total. The van der Waals surface area contributed by atoms with E-state index in [4.69, 9.17) is 12.5 Å². The quantitative estimate of drug-likeness (QED) is 0.446. The van der Waals surface area contributed by atoms with E-state index in [1.165, 1.54) is 5.56 Å². The smallest absolute Gasteiger partial charge is 0.148 e. The van der Waals surface area contributed by atoms with Gasteiger partial charge in [-0.25, -0.2) is 0 Å². The van der Waals surface area contributed by atoms with Gasteiger partial charge in [-0.3, -0.25) is 0 Å². The molecule has 0 N–H and O–H groups in total. The van der Waals surface area contributed by atoms with E-state index in [1.807, 2.05) is 26.8 Å². The maximum absolute atomic E-state index is 5.49. The zero-order valence-corrected chi connectivity index (χ0v) is 17.0. The number of aryl methyl sites for hydroxylation is 1. The van der Waals surface area contributed by atoms with Crippen LogP contribution in [0.5, 0.6) is 17.2 Å². The molecule has 0 amide bonds. The van der Waals surface area contributed by atoms with Gasteiger partial charge in [-0.1, -0.05) is 18.2 Å². The van der Waals surface area contributed by atoms with Crippen molar-refractivity contribution in [3.63, 3.8) is 0 Å². The van der Waals surface area contributed by atoms with Gasteiger partial charge in [-0.15, -0.1) is 0 Å². The van der Waals surface area contributed by atoms with Gasteiger partial charge in [-0.05, 0) is 61.9 Å². The Balaban J connectivity index is 2.46. The molecule has 3 rings (SSSR count). The van der Waals surface area contributed by atoms with Crippen LogP contribution in [-0.2, 0) is 6.42 Å². The summed E-state index contributed by atoms with van der Waals surface area (Å²) in [5, 5.41) is 0. The molecule has 0 unspecified atom stereocenters. The molecular weight excluding hydrogens is 372 g/mol. The van der Waals surface area contributed by atoms with Crippen LogP contribution >= 0.6 is 38.7 Å². The molecule has 0 atom stereocenters. The Morgan fingerprint density at radius 2 is 1.48 bits per heavy atom. The predicted molar refractivity (Wildman–Crippen MR) is 112 cm³/mol. The van der Waals surface area contributed by atoms with Crippen molar-refractivity contribution in [2.75, 3.05) is 0 Å². The van der Waals surface area contributed by atoms with Crippen LogP contribution < -0.4 is 12.5 Å². The van der Waals surface area contributed by atoms with Gasteiger partial charge < -0.3 is 12.5 Å². The van der Waals surface area contributed by atoms with Gasteiger partial charge >= 0.3 is 0 Å². The second-order valence-corrected chi connectivity index (χ2v) is 6.68. The van der Waals surface area contributed by atoms with Gasteiger partial charge in [-0.2, -0.15) is 0 Å². The number of hydrogen-bond acceptors (Lipinski definition) is 6. The number of thiol groups is 3. The van der Waals surface area contributed by atoms with Crippen molar-refractivity contribution in [1.29, 1.82) is 0 Å². The van der Waals surface area contributed by atoms with Gasteiger partial charge in [0.05, 0.1) is 0 Å². The highest BCUT2D eigenvalue weighted by Crippen LogP contribution is 2.49. The lowest BCUT2D eigenvalue weighted by Crippen LogP contribution is -2.03. The molecule has 2 aromatic carbocycles. The molecule has 0 radical (unpaired) electrons. The molecule has 2 aromatic rings. The molecule has 6 heteroatoms. The average Bonchev–Trinajstić information content (AvgIpc) is 2.64. The minimum atomic E-state index is 0.664. The van der Waals surface area contributed by atoms with Crippen molar-refractivity contribution in [2.24, 2.45) is 0 Å². The third kappa shape index (κ3) is 3.00. The normalized spacial score (nSPS) is 12.7. The number of hydrogen-bond donors (Lipinski definition) is 3. The molecule has 0 saturated heterocycles. The van der Waals surface area contributed by atoms with E-state index in [0.717, 1.165) is 46.2 Å². The molecule has 0 aliphatic heterocycles. The lowest BCUT2D eigenvalue weighted by molar-refractivity contribution is 0.622. The number of fused-ring (bicyclic) bond motifs is 1. The SMILES string of the molecule is Cc1c(C)c(OS)c(-c2c(OS)ccc3c2C=CCC3)c(C)c1OS. The van der Waals surface area contributed by atoms with E-state index in [2.05, 4.69) is 56.9 Å². The largest absolute Gasteiger partial charge is 0.428 e. The first-order valence-electron chi connectivity index (χ1n) is 7.95. The Bertz CT molecular complexity index is 860. The van der Waals surface area contributed by atoms with Crippen molar-refractivity contribution >= 4 is 44.8 Å². The van der Waals surface area contributed by atoms with E-state index in [1.54, 1.807) is 0 Å². The Kier molecular flexibility index (Phi) is 5.51. The summed E-state index contributed by atoms with van der Waals surface area (Å²) in [5.41, 5.74) is 7.02. The molecule has 0 heterocycles. The summed E-state index contributed by atoms with van der Waals surface area (Å²) in [5.74, 6) is 2.07. The van der Waals surface area contributed by atoms with Crippen molar-refractivity contribution in [1.82, 2.24) is 0 Å². The predicted octanol–water partition coefficient (Wildman–Crippen LogP) is 5.91. The van der Waals surface area contributed by atoms with Gasteiger partial charge in [0.15, 0.2) is 0 Å². The molecule has 0 fully saturated rings. The molecule has 25 heavy (non-hydrogen) atoms. The van der Waals surface area contributed by atoms with E-state index in [0.29, 0.717) is 17.2 Å². The Hall–Kier alpha value is -1.37. The van der Waals surface area contributed by atoms with Crippen LogP contribution in [0.15, 0.2) is 18.2 Å². The van der Waals surface area contributed by atoms with Crippen LogP contribution in [0.4, 0.5) is 0 Å². The van der Waals surface area contributed by atoms with Crippen LogP contribution in [-0.4, -0.2) is 0 Å².